The first kappa shape index (κ1) is 22.6. The molecule has 178 valence electrons. The van der Waals surface area contributed by atoms with Crippen LogP contribution in [0, 0.1) is 0 Å². The number of carbonyl (C=O) groups excluding carboxylic acids is 1. The molecule has 5 rings (SSSR count). The maximum Gasteiger partial charge on any atom is 0.290 e. The number of morpholine rings is 1. The lowest BCUT2D eigenvalue weighted by Gasteiger charge is -2.27. The van der Waals surface area contributed by atoms with E-state index < -0.39 is 6.04 Å². The Kier molecular flexibility index (Phi) is 6.65. The van der Waals surface area contributed by atoms with E-state index in [9.17, 15) is 9.59 Å². The number of hydrogen-bond acceptors (Lipinski definition) is 5. The van der Waals surface area contributed by atoms with Crippen molar-refractivity contribution in [3.63, 3.8) is 0 Å². The van der Waals surface area contributed by atoms with Gasteiger partial charge in [-0.05, 0) is 36.2 Å². The molecule has 3 aromatic rings. The van der Waals surface area contributed by atoms with E-state index in [-0.39, 0.29) is 17.1 Å². The van der Waals surface area contributed by atoms with Gasteiger partial charge in [-0.1, -0.05) is 31.2 Å². The molecule has 1 saturated heterocycles. The van der Waals surface area contributed by atoms with E-state index in [4.69, 9.17) is 13.9 Å². The van der Waals surface area contributed by atoms with Crippen LogP contribution in [-0.2, 0) is 4.74 Å². The number of nitrogens with zero attached hydrogens (tertiary/aromatic N) is 1. The second-order valence-electron chi connectivity index (χ2n) is 8.96. The fraction of sp³-hybridized carbons (Fsp3) is 0.407. The van der Waals surface area contributed by atoms with Gasteiger partial charge in [0.25, 0.3) is 5.91 Å². The Morgan fingerprint density at radius 1 is 1.09 bits per heavy atom. The fourth-order valence-electron chi connectivity index (χ4n) is 4.95. The van der Waals surface area contributed by atoms with Crippen molar-refractivity contribution in [2.75, 3.05) is 46.0 Å². The molecule has 1 aromatic heterocycles. The van der Waals surface area contributed by atoms with Crippen LogP contribution in [0.25, 0.3) is 11.0 Å². The minimum Gasteiger partial charge on any atom is -0.494 e. The Hall–Kier alpha value is -3.16. The standard InChI is InChI=1S/C27H30N2O5/c1-2-15-33-20-8-5-7-19(18-20)24-23-25(30)21-9-3-4-10-22(21)34-26(23)27(31)29(24)12-6-11-28-13-16-32-17-14-28/h3-5,7-10,18,24H,2,6,11-17H2,1H3/p+1/t24-/m1/s1. The number of hydrogen-bond donors (Lipinski definition) is 1. The second kappa shape index (κ2) is 9.99. The highest BCUT2D eigenvalue weighted by Gasteiger charge is 2.42. The Balaban J connectivity index is 1.51. The average molecular weight is 464 g/mol. The number of ether oxygens (including phenoxy) is 2. The number of amides is 1. The highest BCUT2D eigenvalue weighted by atomic mass is 16.5. The van der Waals surface area contributed by atoms with Gasteiger partial charge in [-0.3, -0.25) is 9.59 Å². The zero-order valence-corrected chi connectivity index (χ0v) is 19.5. The lowest BCUT2D eigenvalue weighted by molar-refractivity contribution is -0.908. The molecule has 0 unspecified atom stereocenters. The minimum absolute atomic E-state index is 0.142. The molecule has 1 amide bonds. The molecule has 7 heteroatoms. The normalized spacial score (nSPS) is 18.4. The van der Waals surface area contributed by atoms with Crippen molar-refractivity contribution >= 4 is 16.9 Å². The predicted molar refractivity (Wildman–Crippen MR) is 129 cm³/mol. The molecule has 1 atom stereocenters. The van der Waals surface area contributed by atoms with Crippen LogP contribution in [0.4, 0.5) is 0 Å². The van der Waals surface area contributed by atoms with Crippen LogP contribution in [0.3, 0.4) is 0 Å². The van der Waals surface area contributed by atoms with E-state index in [1.54, 1.807) is 17.0 Å². The average Bonchev–Trinajstić information content (AvgIpc) is 3.15. The van der Waals surface area contributed by atoms with E-state index in [1.807, 2.05) is 36.4 Å². The van der Waals surface area contributed by atoms with Crippen LogP contribution in [0.15, 0.2) is 57.7 Å². The van der Waals surface area contributed by atoms with Crippen molar-refractivity contribution in [3.8, 4) is 5.75 Å². The molecule has 0 spiro atoms. The zero-order valence-electron chi connectivity index (χ0n) is 19.5. The van der Waals surface area contributed by atoms with Crippen molar-refractivity contribution in [1.29, 1.82) is 0 Å². The molecule has 2 aliphatic heterocycles. The quantitative estimate of drug-likeness (QED) is 0.556. The third-order valence-corrected chi connectivity index (χ3v) is 6.65. The second-order valence-corrected chi connectivity index (χ2v) is 8.96. The lowest BCUT2D eigenvalue weighted by atomic mass is 9.98. The summed E-state index contributed by atoms with van der Waals surface area (Å²) in [6, 6.07) is 14.4. The number of nitrogens with one attached hydrogen (secondary N) is 1. The number of fused-ring (bicyclic) bond motifs is 2. The van der Waals surface area contributed by atoms with Gasteiger partial charge >= 0.3 is 0 Å². The summed E-state index contributed by atoms with van der Waals surface area (Å²) in [7, 11) is 0. The molecule has 0 aliphatic carbocycles. The van der Waals surface area contributed by atoms with E-state index in [1.165, 1.54) is 4.90 Å². The summed E-state index contributed by atoms with van der Waals surface area (Å²) >= 11 is 0. The molecule has 2 aliphatic rings. The van der Waals surface area contributed by atoms with E-state index >= 15 is 0 Å². The molecule has 7 nitrogen and oxygen atoms in total. The molecule has 0 radical (unpaired) electrons. The summed E-state index contributed by atoms with van der Waals surface area (Å²) in [5.41, 5.74) is 1.59. The van der Waals surface area contributed by atoms with E-state index in [2.05, 4.69) is 6.92 Å². The first-order valence-corrected chi connectivity index (χ1v) is 12.2. The largest absolute Gasteiger partial charge is 0.494 e. The number of quaternary nitrogens is 1. The van der Waals surface area contributed by atoms with Gasteiger partial charge in [0, 0.05) is 13.0 Å². The van der Waals surface area contributed by atoms with Crippen LogP contribution in [0.5, 0.6) is 5.75 Å². The van der Waals surface area contributed by atoms with Crippen molar-refractivity contribution < 1.29 is 23.6 Å². The van der Waals surface area contributed by atoms with Crippen LogP contribution >= 0.6 is 0 Å². The molecule has 3 heterocycles. The van der Waals surface area contributed by atoms with Gasteiger partial charge in [-0.15, -0.1) is 0 Å². The summed E-state index contributed by atoms with van der Waals surface area (Å²) in [4.78, 5) is 30.4. The van der Waals surface area contributed by atoms with Crippen LogP contribution < -0.4 is 15.1 Å². The van der Waals surface area contributed by atoms with Crippen molar-refractivity contribution in [2.24, 2.45) is 0 Å². The molecule has 34 heavy (non-hydrogen) atoms. The van der Waals surface area contributed by atoms with Gasteiger partial charge < -0.3 is 23.7 Å². The number of benzene rings is 2. The number of para-hydroxylation sites is 1. The van der Waals surface area contributed by atoms with Gasteiger partial charge in [0.1, 0.15) is 24.4 Å². The zero-order chi connectivity index (χ0) is 23.5. The van der Waals surface area contributed by atoms with Crippen molar-refractivity contribution in [2.45, 2.75) is 25.8 Å². The molecule has 0 saturated carbocycles. The van der Waals surface area contributed by atoms with Crippen LogP contribution in [0.2, 0.25) is 0 Å². The van der Waals surface area contributed by atoms with Gasteiger partial charge in [-0.25, -0.2) is 0 Å². The molecule has 2 aromatic carbocycles. The third kappa shape index (κ3) is 4.33. The molecular weight excluding hydrogens is 432 g/mol. The topological polar surface area (TPSA) is 73.4 Å². The molecule has 1 fully saturated rings. The van der Waals surface area contributed by atoms with Crippen molar-refractivity contribution in [3.05, 3.63) is 75.6 Å². The summed E-state index contributed by atoms with van der Waals surface area (Å²) in [5.74, 6) is 0.676. The molecular formula is C27H31N2O5+. The minimum atomic E-state index is -0.492. The van der Waals surface area contributed by atoms with Crippen LogP contribution in [-0.4, -0.2) is 56.8 Å². The lowest BCUT2D eigenvalue weighted by Crippen LogP contribution is -3.14. The SMILES string of the molecule is CCCOc1cccc([C@@H]2c3c(oc4ccccc4c3=O)C(=O)N2CCC[NH+]2CCOCC2)c1. The smallest absolute Gasteiger partial charge is 0.290 e. The summed E-state index contributed by atoms with van der Waals surface area (Å²) in [6.07, 6.45) is 1.74. The molecule has 1 N–H and O–H groups in total. The van der Waals surface area contributed by atoms with Crippen molar-refractivity contribution in [1.82, 2.24) is 4.90 Å². The maximum atomic E-state index is 13.6. The monoisotopic (exact) mass is 463 g/mol. The van der Waals surface area contributed by atoms with E-state index in [0.29, 0.717) is 29.7 Å². The molecule has 0 bridgehead atoms. The van der Waals surface area contributed by atoms with Gasteiger partial charge in [0.15, 0.2) is 5.43 Å². The summed E-state index contributed by atoms with van der Waals surface area (Å²) in [5, 5.41) is 0.497. The highest BCUT2D eigenvalue weighted by Crippen LogP contribution is 2.39. The van der Waals surface area contributed by atoms with Gasteiger partial charge in [-0.2, -0.15) is 0 Å². The Morgan fingerprint density at radius 3 is 2.74 bits per heavy atom. The predicted octanol–water partition coefficient (Wildman–Crippen LogP) is 2.43. The van der Waals surface area contributed by atoms with Gasteiger partial charge in [0.2, 0.25) is 5.76 Å². The number of carbonyl (C=O) groups is 1. The Morgan fingerprint density at radius 2 is 1.91 bits per heavy atom. The van der Waals surface area contributed by atoms with E-state index in [0.717, 1.165) is 57.0 Å². The first-order chi connectivity index (χ1) is 16.7. The first-order valence-electron chi connectivity index (χ1n) is 12.2. The Bertz CT molecular complexity index is 1230. The van der Waals surface area contributed by atoms with Crippen LogP contribution in [0.1, 0.15) is 47.5 Å². The fourth-order valence-corrected chi connectivity index (χ4v) is 4.95. The summed E-state index contributed by atoms with van der Waals surface area (Å²) in [6.45, 7) is 7.71. The van der Waals surface area contributed by atoms with Gasteiger partial charge in [0.05, 0.1) is 43.4 Å². The maximum absolute atomic E-state index is 13.6. The highest BCUT2D eigenvalue weighted by molar-refractivity contribution is 5.99. The summed E-state index contributed by atoms with van der Waals surface area (Å²) < 4.78 is 17.3. The Labute approximate surface area is 198 Å². The number of rotatable bonds is 8. The third-order valence-electron chi connectivity index (χ3n) is 6.65.